The van der Waals surface area contributed by atoms with E-state index in [0.29, 0.717) is 19.0 Å². The van der Waals surface area contributed by atoms with Gasteiger partial charge in [0.2, 0.25) is 0 Å². The number of aliphatic hydroxyl groups excluding tert-OH is 1. The van der Waals surface area contributed by atoms with Crippen LogP contribution in [0, 0.1) is 5.92 Å². The van der Waals surface area contributed by atoms with Crippen molar-refractivity contribution in [3.8, 4) is 0 Å². The number of carbonyl (C=O) groups is 1. The fourth-order valence-corrected chi connectivity index (χ4v) is 1.94. The molecule has 20 heavy (non-hydrogen) atoms. The number of ether oxygens (including phenoxy) is 1. The van der Waals surface area contributed by atoms with Crippen molar-refractivity contribution in [2.75, 3.05) is 13.1 Å². The van der Waals surface area contributed by atoms with Crippen LogP contribution in [0.3, 0.4) is 0 Å². The highest BCUT2D eigenvalue weighted by Crippen LogP contribution is 2.12. The van der Waals surface area contributed by atoms with Gasteiger partial charge in [0, 0.05) is 19.1 Å². The number of hydrogen-bond donors (Lipinski definition) is 3. The van der Waals surface area contributed by atoms with Crippen LogP contribution < -0.4 is 10.6 Å². The maximum Gasteiger partial charge on any atom is 0.407 e. The zero-order chi connectivity index (χ0) is 15.8. The molecule has 0 heterocycles. The van der Waals surface area contributed by atoms with Gasteiger partial charge in [-0.2, -0.15) is 0 Å². The largest absolute Gasteiger partial charge is 0.444 e. The lowest BCUT2D eigenvalue weighted by atomic mass is 9.96. The Hall–Kier alpha value is -0.810. The molecule has 0 fully saturated rings. The van der Waals surface area contributed by atoms with Crippen molar-refractivity contribution >= 4 is 6.09 Å². The Labute approximate surface area is 123 Å². The second-order valence-corrected chi connectivity index (χ2v) is 6.34. The second-order valence-electron chi connectivity index (χ2n) is 6.34. The third-order valence-corrected chi connectivity index (χ3v) is 3.22. The standard InChI is InChI=1S/C15H32N2O3/c1-7-12(8-2)13(18)10-16-11(3)9-17-14(19)20-15(4,5)6/h11-13,16,18H,7-10H2,1-6H3,(H,17,19). The van der Waals surface area contributed by atoms with Gasteiger partial charge >= 0.3 is 6.09 Å². The van der Waals surface area contributed by atoms with E-state index in [0.717, 1.165) is 12.8 Å². The van der Waals surface area contributed by atoms with Crippen LogP contribution in [0.2, 0.25) is 0 Å². The Morgan fingerprint density at radius 3 is 2.20 bits per heavy atom. The van der Waals surface area contributed by atoms with Gasteiger partial charge in [-0.05, 0) is 33.6 Å². The summed E-state index contributed by atoms with van der Waals surface area (Å²) in [5.41, 5.74) is -0.480. The molecule has 120 valence electrons. The maximum absolute atomic E-state index is 11.5. The first-order valence-electron chi connectivity index (χ1n) is 7.57. The molecule has 0 spiro atoms. The van der Waals surface area contributed by atoms with Crippen molar-refractivity contribution in [3.63, 3.8) is 0 Å². The molecule has 0 aromatic carbocycles. The lowest BCUT2D eigenvalue weighted by Crippen LogP contribution is -2.44. The lowest BCUT2D eigenvalue weighted by Gasteiger charge is -2.24. The first kappa shape index (κ1) is 19.2. The third kappa shape index (κ3) is 9.15. The fourth-order valence-electron chi connectivity index (χ4n) is 1.94. The Kier molecular flexibility index (Phi) is 8.81. The molecule has 0 aliphatic carbocycles. The number of carbonyl (C=O) groups excluding carboxylic acids is 1. The number of nitrogens with one attached hydrogen (secondary N) is 2. The van der Waals surface area contributed by atoms with Crippen molar-refractivity contribution in [2.24, 2.45) is 5.92 Å². The zero-order valence-corrected chi connectivity index (χ0v) is 13.8. The van der Waals surface area contributed by atoms with E-state index in [-0.39, 0.29) is 12.1 Å². The van der Waals surface area contributed by atoms with Crippen LogP contribution in [0.4, 0.5) is 4.79 Å². The molecule has 0 aromatic heterocycles. The van der Waals surface area contributed by atoms with Crippen LogP contribution in [-0.2, 0) is 4.74 Å². The van der Waals surface area contributed by atoms with E-state index >= 15 is 0 Å². The summed E-state index contributed by atoms with van der Waals surface area (Å²) in [6, 6.07) is 0.0894. The summed E-state index contributed by atoms with van der Waals surface area (Å²) >= 11 is 0. The van der Waals surface area contributed by atoms with Crippen LogP contribution in [0.15, 0.2) is 0 Å². The molecule has 0 rings (SSSR count). The molecule has 5 heteroatoms. The van der Waals surface area contributed by atoms with Crippen molar-refractivity contribution < 1.29 is 14.6 Å². The molecule has 0 bridgehead atoms. The summed E-state index contributed by atoms with van der Waals surface area (Å²) in [6.07, 6.45) is 1.20. The zero-order valence-electron chi connectivity index (χ0n) is 13.8. The second kappa shape index (κ2) is 9.19. The predicted molar refractivity (Wildman–Crippen MR) is 81.8 cm³/mol. The minimum Gasteiger partial charge on any atom is -0.444 e. The molecule has 0 radical (unpaired) electrons. The minimum atomic E-state index is -0.480. The number of aliphatic hydroxyl groups is 1. The normalized spacial score (nSPS) is 15.0. The topological polar surface area (TPSA) is 70.6 Å². The van der Waals surface area contributed by atoms with E-state index in [1.54, 1.807) is 0 Å². The van der Waals surface area contributed by atoms with Crippen LogP contribution >= 0.6 is 0 Å². The van der Waals surface area contributed by atoms with Gasteiger partial charge in [0.25, 0.3) is 0 Å². The Balaban J connectivity index is 3.89. The molecule has 0 aliphatic heterocycles. The first-order valence-corrected chi connectivity index (χ1v) is 7.57. The van der Waals surface area contributed by atoms with Crippen molar-refractivity contribution in [2.45, 2.75) is 72.1 Å². The fraction of sp³-hybridized carbons (Fsp3) is 0.933. The molecular formula is C15H32N2O3. The molecule has 2 unspecified atom stereocenters. The van der Waals surface area contributed by atoms with Crippen molar-refractivity contribution in [3.05, 3.63) is 0 Å². The first-order chi connectivity index (χ1) is 9.19. The van der Waals surface area contributed by atoms with Gasteiger partial charge < -0.3 is 20.5 Å². The van der Waals surface area contributed by atoms with Gasteiger partial charge in [-0.1, -0.05) is 26.7 Å². The van der Waals surface area contributed by atoms with E-state index in [1.165, 1.54) is 0 Å². The Morgan fingerprint density at radius 2 is 1.75 bits per heavy atom. The van der Waals surface area contributed by atoms with E-state index < -0.39 is 11.7 Å². The summed E-state index contributed by atoms with van der Waals surface area (Å²) < 4.78 is 5.16. The van der Waals surface area contributed by atoms with Crippen LogP contribution in [0.1, 0.15) is 54.4 Å². The highest BCUT2D eigenvalue weighted by atomic mass is 16.6. The van der Waals surface area contributed by atoms with Crippen LogP contribution in [0.25, 0.3) is 0 Å². The monoisotopic (exact) mass is 288 g/mol. The summed E-state index contributed by atoms with van der Waals surface area (Å²) in [7, 11) is 0. The maximum atomic E-state index is 11.5. The molecule has 0 aromatic rings. The summed E-state index contributed by atoms with van der Waals surface area (Å²) in [6.45, 7) is 12.7. The van der Waals surface area contributed by atoms with Crippen LogP contribution in [0.5, 0.6) is 0 Å². The van der Waals surface area contributed by atoms with E-state index in [1.807, 2.05) is 27.7 Å². The quantitative estimate of drug-likeness (QED) is 0.641. The van der Waals surface area contributed by atoms with E-state index in [4.69, 9.17) is 4.74 Å². The van der Waals surface area contributed by atoms with Gasteiger partial charge in [0.05, 0.1) is 6.10 Å². The van der Waals surface area contributed by atoms with E-state index in [2.05, 4.69) is 24.5 Å². The highest BCUT2D eigenvalue weighted by molar-refractivity contribution is 5.67. The number of alkyl carbamates (subject to hydrolysis) is 1. The van der Waals surface area contributed by atoms with Crippen molar-refractivity contribution in [1.29, 1.82) is 0 Å². The third-order valence-electron chi connectivity index (χ3n) is 3.22. The predicted octanol–water partition coefficient (Wildman–Crippen LogP) is 2.29. The highest BCUT2D eigenvalue weighted by Gasteiger charge is 2.18. The van der Waals surface area contributed by atoms with Crippen molar-refractivity contribution in [1.82, 2.24) is 10.6 Å². The van der Waals surface area contributed by atoms with Gasteiger partial charge in [-0.25, -0.2) is 4.79 Å². The summed E-state index contributed by atoms with van der Waals surface area (Å²) in [5, 5.41) is 16.0. The smallest absolute Gasteiger partial charge is 0.407 e. The number of rotatable bonds is 8. The van der Waals surface area contributed by atoms with Crippen LogP contribution in [-0.4, -0.2) is 42.0 Å². The molecule has 0 aliphatic rings. The molecule has 2 atom stereocenters. The Bertz CT molecular complexity index is 273. The molecule has 5 nitrogen and oxygen atoms in total. The van der Waals surface area contributed by atoms with Gasteiger partial charge in [-0.15, -0.1) is 0 Å². The molecule has 0 saturated heterocycles. The van der Waals surface area contributed by atoms with Gasteiger partial charge in [0.15, 0.2) is 0 Å². The Morgan fingerprint density at radius 1 is 1.20 bits per heavy atom. The average Bonchev–Trinajstić information content (AvgIpc) is 2.33. The number of hydrogen-bond acceptors (Lipinski definition) is 4. The van der Waals surface area contributed by atoms with Gasteiger partial charge in [0.1, 0.15) is 5.60 Å². The molecule has 3 N–H and O–H groups in total. The van der Waals surface area contributed by atoms with E-state index in [9.17, 15) is 9.90 Å². The average molecular weight is 288 g/mol. The number of amides is 1. The SMILES string of the molecule is CCC(CC)C(O)CNC(C)CNC(=O)OC(C)(C)C. The molecule has 1 amide bonds. The lowest BCUT2D eigenvalue weighted by molar-refractivity contribution is 0.0521. The summed E-state index contributed by atoms with van der Waals surface area (Å²) in [4.78, 5) is 11.5. The molecular weight excluding hydrogens is 256 g/mol. The molecule has 0 saturated carbocycles. The minimum absolute atomic E-state index is 0.0894. The van der Waals surface area contributed by atoms with Gasteiger partial charge in [-0.3, -0.25) is 0 Å². The summed E-state index contributed by atoms with van der Waals surface area (Å²) in [5.74, 6) is 0.327.